The van der Waals surface area contributed by atoms with Crippen molar-refractivity contribution in [3.8, 4) is 11.4 Å². The van der Waals surface area contributed by atoms with Crippen molar-refractivity contribution in [1.29, 1.82) is 0 Å². The average Bonchev–Trinajstić information content (AvgIpc) is 2.77. The van der Waals surface area contributed by atoms with E-state index in [0.29, 0.717) is 12.2 Å². The maximum Gasteiger partial charge on any atom is 0.224 e. The van der Waals surface area contributed by atoms with Gasteiger partial charge in [-0.1, -0.05) is 6.92 Å². The molecule has 6 heteroatoms. The fourth-order valence-electron chi connectivity index (χ4n) is 1.63. The van der Waals surface area contributed by atoms with Crippen LogP contribution in [0.15, 0.2) is 24.3 Å². The molecule has 0 aliphatic rings. The van der Waals surface area contributed by atoms with Crippen molar-refractivity contribution in [3.05, 3.63) is 24.3 Å². The third kappa shape index (κ3) is 2.71. The summed E-state index contributed by atoms with van der Waals surface area (Å²) in [5, 5.41) is 14.1. The summed E-state index contributed by atoms with van der Waals surface area (Å²) in [5.74, 6) is 0.729. The number of nitrogens with zero attached hydrogens (tertiary/aromatic N) is 4. The third-order valence-electron chi connectivity index (χ3n) is 2.52. The molecule has 0 aliphatic heterocycles. The largest absolute Gasteiger partial charge is 0.326 e. The minimum absolute atomic E-state index is 0.0329. The molecule has 2 aromatic rings. The van der Waals surface area contributed by atoms with Gasteiger partial charge in [0.2, 0.25) is 5.91 Å². The molecule has 2 rings (SSSR count). The Kier molecular flexibility index (Phi) is 3.66. The Hall–Kier alpha value is -2.24. The Morgan fingerprint density at radius 1 is 1.33 bits per heavy atom. The summed E-state index contributed by atoms with van der Waals surface area (Å²) in [6.07, 6.45) is 1.38. The smallest absolute Gasteiger partial charge is 0.224 e. The molecular formula is C12H15N5O. The number of carbonyl (C=O) groups is 1. The van der Waals surface area contributed by atoms with Crippen LogP contribution in [-0.4, -0.2) is 26.1 Å². The topological polar surface area (TPSA) is 72.7 Å². The second-order valence-electron chi connectivity index (χ2n) is 4.00. The molecule has 0 saturated heterocycles. The van der Waals surface area contributed by atoms with Crippen LogP contribution in [0.1, 0.15) is 19.8 Å². The van der Waals surface area contributed by atoms with E-state index in [4.69, 9.17) is 0 Å². The SMILES string of the molecule is CCCC(=O)Nc1ccc(-c2nnnn2C)cc1. The lowest BCUT2D eigenvalue weighted by Crippen LogP contribution is -2.10. The van der Waals surface area contributed by atoms with E-state index < -0.39 is 0 Å². The van der Waals surface area contributed by atoms with E-state index >= 15 is 0 Å². The molecule has 0 spiro atoms. The first-order chi connectivity index (χ1) is 8.70. The molecule has 0 bridgehead atoms. The number of hydrogen-bond donors (Lipinski definition) is 1. The first-order valence-corrected chi connectivity index (χ1v) is 5.83. The van der Waals surface area contributed by atoms with Crippen molar-refractivity contribution in [2.45, 2.75) is 19.8 Å². The Bertz CT molecular complexity index is 532. The quantitative estimate of drug-likeness (QED) is 0.888. The Morgan fingerprint density at radius 2 is 2.06 bits per heavy atom. The molecule has 0 aliphatic carbocycles. The van der Waals surface area contributed by atoms with E-state index in [-0.39, 0.29) is 5.91 Å². The van der Waals surface area contributed by atoms with Crippen LogP contribution in [0.25, 0.3) is 11.4 Å². The summed E-state index contributed by atoms with van der Waals surface area (Å²) in [5.41, 5.74) is 1.70. The predicted molar refractivity (Wildman–Crippen MR) is 67.8 cm³/mol. The maximum atomic E-state index is 11.4. The predicted octanol–water partition coefficient (Wildman–Crippen LogP) is 1.62. The number of tetrazole rings is 1. The number of amides is 1. The molecule has 0 atom stereocenters. The molecule has 0 radical (unpaired) electrons. The second kappa shape index (κ2) is 5.39. The molecule has 0 fully saturated rings. The number of nitrogens with one attached hydrogen (secondary N) is 1. The van der Waals surface area contributed by atoms with Gasteiger partial charge in [-0.3, -0.25) is 4.79 Å². The van der Waals surface area contributed by atoms with Gasteiger partial charge in [0.25, 0.3) is 0 Å². The minimum atomic E-state index is 0.0329. The summed E-state index contributed by atoms with van der Waals surface area (Å²) in [6, 6.07) is 7.45. The molecule has 18 heavy (non-hydrogen) atoms. The zero-order chi connectivity index (χ0) is 13.0. The van der Waals surface area contributed by atoms with Gasteiger partial charge in [-0.2, -0.15) is 0 Å². The standard InChI is InChI=1S/C12H15N5O/c1-3-4-11(18)13-10-7-5-9(6-8-10)12-14-15-16-17(12)2/h5-8H,3-4H2,1-2H3,(H,13,18). The zero-order valence-corrected chi connectivity index (χ0v) is 10.4. The van der Waals surface area contributed by atoms with Gasteiger partial charge >= 0.3 is 0 Å². The number of rotatable bonds is 4. The fraction of sp³-hybridized carbons (Fsp3) is 0.333. The van der Waals surface area contributed by atoms with Crippen LogP contribution in [-0.2, 0) is 11.8 Å². The number of aryl methyl sites for hydroxylation is 1. The third-order valence-corrected chi connectivity index (χ3v) is 2.52. The van der Waals surface area contributed by atoms with Gasteiger partial charge in [0.15, 0.2) is 5.82 Å². The molecule has 0 unspecified atom stereocenters. The van der Waals surface area contributed by atoms with E-state index in [1.165, 1.54) is 0 Å². The summed E-state index contributed by atoms with van der Waals surface area (Å²) >= 11 is 0. The lowest BCUT2D eigenvalue weighted by Gasteiger charge is -2.05. The van der Waals surface area contributed by atoms with Crippen LogP contribution in [0.4, 0.5) is 5.69 Å². The second-order valence-corrected chi connectivity index (χ2v) is 4.00. The number of aromatic nitrogens is 4. The number of hydrogen-bond acceptors (Lipinski definition) is 4. The van der Waals surface area contributed by atoms with Crippen LogP contribution in [0.2, 0.25) is 0 Å². The van der Waals surface area contributed by atoms with Crippen LogP contribution in [0, 0.1) is 0 Å². The molecule has 1 heterocycles. The highest BCUT2D eigenvalue weighted by atomic mass is 16.1. The van der Waals surface area contributed by atoms with E-state index in [1.807, 2.05) is 31.2 Å². The average molecular weight is 245 g/mol. The van der Waals surface area contributed by atoms with Crippen molar-refractivity contribution in [2.75, 3.05) is 5.32 Å². The maximum absolute atomic E-state index is 11.4. The van der Waals surface area contributed by atoms with Crippen molar-refractivity contribution in [1.82, 2.24) is 20.2 Å². The van der Waals surface area contributed by atoms with Gasteiger partial charge in [0.05, 0.1) is 0 Å². The van der Waals surface area contributed by atoms with Crippen LogP contribution < -0.4 is 5.32 Å². The van der Waals surface area contributed by atoms with Gasteiger partial charge in [-0.25, -0.2) is 4.68 Å². The first-order valence-electron chi connectivity index (χ1n) is 5.83. The molecule has 1 amide bonds. The summed E-state index contributed by atoms with van der Waals surface area (Å²) in [6.45, 7) is 1.98. The Balaban J connectivity index is 2.11. The van der Waals surface area contributed by atoms with Crippen molar-refractivity contribution >= 4 is 11.6 Å². The van der Waals surface area contributed by atoms with E-state index in [0.717, 1.165) is 17.7 Å². The van der Waals surface area contributed by atoms with Crippen LogP contribution in [0.5, 0.6) is 0 Å². The number of anilines is 1. The fourth-order valence-corrected chi connectivity index (χ4v) is 1.63. The summed E-state index contributed by atoms with van der Waals surface area (Å²) < 4.78 is 1.60. The van der Waals surface area contributed by atoms with E-state index in [9.17, 15) is 4.79 Å². The van der Waals surface area contributed by atoms with Gasteiger partial charge in [-0.05, 0) is 41.1 Å². The Labute approximate surface area is 105 Å². The normalized spacial score (nSPS) is 10.3. The highest BCUT2D eigenvalue weighted by molar-refractivity contribution is 5.90. The minimum Gasteiger partial charge on any atom is -0.326 e. The molecule has 0 saturated carbocycles. The monoisotopic (exact) mass is 245 g/mol. The van der Waals surface area contributed by atoms with Gasteiger partial charge in [-0.15, -0.1) is 5.10 Å². The van der Waals surface area contributed by atoms with Crippen molar-refractivity contribution in [3.63, 3.8) is 0 Å². The van der Waals surface area contributed by atoms with Gasteiger partial charge < -0.3 is 5.32 Å². The molecule has 1 N–H and O–H groups in total. The highest BCUT2D eigenvalue weighted by Gasteiger charge is 2.06. The zero-order valence-electron chi connectivity index (χ0n) is 10.4. The summed E-state index contributed by atoms with van der Waals surface area (Å²) in [7, 11) is 1.78. The van der Waals surface area contributed by atoms with Gasteiger partial charge in [0.1, 0.15) is 0 Å². The molecular weight excluding hydrogens is 230 g/mol. The number of benzene rings is 1. The van der Waals surface area contributed by atoms with Crippen molar-refractivity contribution < 1.29 is 4.79 Å². The highest BCUT2D eigenvalue weighted by Crippen LogP contribution is 2.18. The molecule has 1 aromatic heterocycles. The molecule has 94 valence electrons. The number of carbonyl (C=O) groups excluding carboxylic acids is 1. The Morgan fingerprint density at radius 3 is 2.61 bits per heavy atom. The lowest BCUT2D eigenvalue weighted by molar-refractivity contribution is -0.116. The van der Waals surface area contributed by atoms with Gasteiger partial charge in [0, 0.05) is 24.7 Å². The first kappa shape index (κ1) is 12.2. The lowest BCUT2D eigenvalue weighted by atomic mass is 10.2. The molecule has 6 nitrogen and oxygen atoms in total. The van der Waals surface area contributed by atoms with E-state index in [2.05, 4.69) is 20.8 Å². The molecule has 1 aromatic carbocycles. The van der Waals surface area contributed by atoms with E-state index in [1.54, 1.807) is 11.7 Å². The van der Waals surface area contributed by atoms with Crippen LogP contribution in [0.3, 0.4) is 0 Å². The van der Waals surface area contributed by atoms with Crippen LogP contribution >= 0.6 is 0 Å². The van der Waals surface area contributed by atoms with Crippen molar-refractivity contribution in [2.24, 2.45) is 7.05 Å². The summed E-state index contributed by atoms with van der Waals surface area (Å²) in [4.78, 5) is 11.4.